The van der Waals surface area contributed by atoms with Crippen LogP contribution in [-0.2, 0) is 11.2 Å². The second kappa shape index (κ2) is 5.56. The highest BCUT2D eigenvalue weighted by atomic mass is 16.4. The molecule has 0 aliphatic heterocycles. The molecule has 1 fully saturated rings. The summed E-state index contributed by atoms with van der Waals surface area (Å²) in [6, 6.07) is 12.2. The van der Waals surface area contributed by atoms with Crippen LogP contribution in [0.2, 0.25) is 0 Å². The van der Waals surface area contributed by atoms with E-state index in [9.17, 15) is 9.59 Å². The van der Waals surface area contributed by atoms with Gasteiger partial charge in [-0.25, -0.2) is 14.3 Å². The summed E-state index contributed by atoms with van der Waals surface area (Å²) in [6.07, 6.45) is 2.23. The Morgan fingerprint density at radius 3 is 2.54 bits per heavy atom. The highest BCUT2D eigenvalue weighted by Crippen LogP contribution is 2.30. The number of carboxylic acid groups (broad SMARTS) is 1. The monoisotopic (exact) mass is 321 g/mol. The number of carboxylic acids is 1. The third-order valence-electron chi connectivity index (χ3n) is 4.20. The smallest absolute Gasteiger partial charge is 0.335 e. The maximum absolute atomic E-state index is 12.0. The average Bonchev–Trinajstić information content (AvgIpc) is 3.35. The zero-order chi connectivity index (χ0) is 16.7. The number of hydrogen-bond acceptors (Lipinski definition) is 4. The van der Waals surface area contributed by atoms with Gasteiger partial charge in [0.15, 0.2) is 11.5 Å². The van der Waals surface area contributed by atoms with Gasteiger partial charge in [-0.2, -0.15) is 5.10 Å². The predicted molar refractivity (Wildman–Crippen MR) is 86.8 cm³/mol. The van der Waals surface area contributed by atoms with Gasteiger partial charge in [0, 0.05) is 11.5 Å². The second-order valence-corrected chi connectivity index (χ2v) is 6.01. The zero-order valence-corrected chi connectivity index (χ0v) is 12.8. The maximum atomic E-state index is 12.0. The number of carbonyl (C=O) groups excluding carboxylic acids is 1. The molecule has 1 saturated carbocycles. The summed E-state index contributed by atoms with van der Waals surface area (Å²) in [5.74, 6) is -0.0270. The number of fused-ring (bicyclic) bond motifs is 1. The average molecular weight is 321 g/mol. The number of benzene rings is 1. The van der Waals surface area contributed by atoms with Crippen molar-refractivity contribution in [3.63, 3.8) is 0 Å². The van der Waals surface area contributed by atoms with Crippen LogP contribution in [0.5, 0.6) is 0 Å². The van der Waals surface area contributed by atoms with Crippen LogP contribution in [0.4, 0.5) is 0 Å². The summed E-state index contributed by atoms with van der Waals surface area (Å²) in [7, 11) is 0. The molecule has 0 unspecified atom stereocenters. The van der Waals surface area contributed by atoms with Gasteiger partial charge in [0.25, 0.3) is 0 Å². The topological polar surface area (TPSA) is 84.6 Å². The molecule has 0 amide bonds. The first-order chi connectivity index (χ1) is 11.6. The van der Waals surface area contributed by atoms with Gasteiger partial charge in [0.1, 0.15) is 5.78 Å². The quantitative estimate of drug-likeness (QED) is 0.781. The number of ketones is 1. The van der Waals surface area contributed by atoms with Gasteiger partial charge in [-0.05, 0) is 37.1 Å². The lowest BCUT2D eigenvalue weighted by molar-refractivity contribution is -0.119. The number of aromatic nitrogens is 3. The van der Waals surface area contributed by atoms with Crippen LogP contribution in [-0.4, -0.2) is 31.5 Å². The Morgan fingerprint density at radius 2 is 1.88 bits per heavy atom. The molecular weight excluding hydrogens is 306 g/mol. The summed E-state index contributed by atoms with van der Waals surface area (Å²) in [6.45, 7) is 0. The molecule has 0 atom stereocenters. The molecule has 6 heteroatoms. The number of hydrogen-bond donors (Lipinski definition) is 1. The lowest BCUT2D eigenvalue weighted by atomic mass is 10.1. The summed E-state index contributed by atoms with van der Waals surface area (Å²) in [4.78, 5) is 27.4. The fourth-order valence-electron chi connectivity index (χ4n) is 2.73. The predicted octanol–water partition coefficient (Wildman–Crippen LogP) is 2.62. The van der Waals surface area contributed by atoms with E-state index in [1.165, 1.54) is 0 Å². The van der Waals surface area contributed by atoms with E-state index in [4.69, 9.17) is 5.11 Å². The van der Waals surface area contributed by atoms with Crippen LogP contribution in [0, 0.1) is 5.92 Å². The molecule has 3 aromatic rings. The van der Waals surface area contributed by atoms with Crippen LogP contribution in [0.25, 0.3) is 16.9 Å². The molecule has 0 bridgehead atoms. The largest absolute Gasteiger partial charge is 0.478 e. The van der Waals surface area contributed by atoms with Crippen LogP contribution in [0.1, 0.15) is 29.0 Å². The SMILES string of the molecule is O=C(O)c1ccc(-c2cccc3nc(CC(=O)C4CC4)nn23)cc1. The highest BCUT2D eigenvalue weighted by molar-refractivity contribution is 5.88. The number of Topliss-reactive ketones (excluding diaryl/α,β-unsaturated/α-hetero) is 1. The molecule has 1 aromatic carbocycles. The van der Waals surface area contributed by atoms with Crippen molar-refractivity contribution in [2.24, 2.45) is 5.92 Å². The fraction of sp³-hybridized carbons (Fsp3) is 0.222. The zero-order valence-electron chi connectivity index (χ0n) is 12.8. The number of carbonyl (C=O) groups is 2. The van der Waals surface area contributed by atoms with Crippen molar-refractivity contribution < 1.29 is 14.7 Å². The van der Waals surface area contributed by atoms with E-state index < -0.39 is 5.97 Å². The van der Waals surface area contributed by atoms with Gasteiger partial charge in [0.05, 0.1) is 17.7 Å². The van der Waals surface area contributed by atoms with E-state index in [1.807, 2.05) is 18.2 Å². The Bertz CT molecular complexity index is 940. The van der Waals surface area contributed by atoms with Crippen LogP contribution in [0.15, 0.2) is 42.5 Å². The summed E-state index contributed by atoms with van der Waals surface area (Å²) in [5.41, 5.74) is 2.56. The van der Waals surface area contributed by atoms with E-state index in [0.717, 1.165) is 24.1 Å². The molecular formula is C18H15N3O3. The van der Waals surface area contributed by atoms with Crippen LogP contribution in [0.3, 0.4) is 0 Å². The lowest BCUT2D eigenvalue weighted by Crippen LogP contribution is -2.06. The van der Waals surface area contributed by atoms with Gasteiger partial charge in [0.2, 0.25) is 0 Å². The first-order valence-electron chi connectivity index (χ1n) is 7.83. The third-order valence-corrected chi connectivity index (χ3v) is 4.20. The third kappa shape index (κ3) is 2.67. The van der Waals surface area contributed by atoms with E-state index in [1.54, 1.807) is 28.8 Å². The minimum absolute atomic E-state index is 0.194. The Morgan fingerprint density at radius 1 is 1.12 bits per heavy atom. The fourth-order valence-corrected chi connectivity index (χ4v) is 2.73. The molecule has 2 aromatic heterocycles. The molecule has 0 saturated heterocycles. The van der Waals surface area contributed by atoms with Crippen LogP contribution < -0.4 is 0 Å². The van der Waals surface area contributed by atoms with Gasteiger partial charge in [-0.1, -0.05) is 18.2 Å². The van der Waals surface area contributed by atoms with Crippen molar-refractivity contribution in [1.29, 1.82) is 0 Å². The van der Waals surface area contributed by atoms with Crippen LogP contribution >= 0.6 is 0 Å². The van der Waals surface area contributed by atoms with Crippen molar-refractivity contribution in [2.45, 2.75) is 19.3 Å². The summed E-state index contributed by atoms with van der Waals surface area (Å²) >= 11 is 0. The Kier molecular flexibility index (Phi) is 3.37. The minimum atomic E-state index is -0.957. The molecule has 1 N–H and O–H groups in total. The maximum Gasteiger partial charge on any atom is 0.335 e. The highest BCUT2D eigenvalue weighted by Gasteiger charge is 2.30. The van der Waals surface area contributed by atoms with Crippen molar-refractivity contribution >= 4 is 17.4 Å². The summed E-state index contributed by atoms with van der Waals surface area (Å²) in [5, 5.41) is 13.5. The Balaban J connectivity index is 1.70. The van der Waals surface area contributed by atoms with E-state index in [0.29, 0.717) is 11.5 Å². The van der Waals surface area contributed by atoms with Gasteiger partial charge in [-0.15, -0.1) is 0 Å². The lowest BCUT2D eigenvalue weighted by Gasteiger charge is -2.04. The first kappa shape index (κ1) is 14.6. The molecule has 4 rings (SSSR count). The standard InChI is InChI=1S/C18H15N3O3/c22-15(12-6-7-12)10-16-19-17-3-1-2-14(21(17)20-16)11-4-8-13(9-5-11)18(23)24/h1-5,8-9,12H,6-7,10H2,(H,23,24). The molecule has 0 radical (unpaired) electrons. The molecule has 120 valence electrons. The van der Waals surface area contributed by atoms with Gasteiger partial charge >= 0.3 is 5.97 Å². The normalized spacial score (nSPS) is 14.0. The Hall–Kier alpha value is -3.02. The first-order valence-corrected chi connectivity index (χ1v) is 7.83. The van der Waals surface area contributed by atoms with E-state index in [2.05, 4.69) is 10.1 Å². The molecule has 6 nitrogen and oxygen atoms in total. The number of nitrogens with zero attached hydrogens (tertiary/aromatic N) is 3. The van der Waals surface area contributed by atoms with E-state index >= 15 is 0 Å². The second-order valence-electron chi connectivity index (χ2n) is 6.01. The number of aromatic carboxylic acids is 1. The van der Waals surface area contributed by atoms with Crippen molar-refractivity contribution in [1.82, 2.24) is 14.6 Å². The van der Waals surface area contributed by atoms with Crippen molar-refractivity contribution in [2.75, 3.05) is 0 Å². The van der Waals surface area contributed by atoms with Gasteiger partial charge in [-0.3, -0.25) is 4.79 Å². The van der Waals surface area contributed by atoms with Gasteiger partial charge < -0.3 is 5.11 Å². The summed E-state index contributed by atoms with van der Waals surface area (Å²) < 4.78 is 1.70. The molecule has 2 heterocycles. The Labute approximate surface area is 137 Å². The van der Waals surface area contributed by atoms with Crippen molar-refractivity contribution in [3.05, 3.63) is 53.9 Å². The number of rotatable bonds is 5. The molecule has 1 aliphatic rings. The molecule has 24 heavy (non-hydrogen) atoms. The van der Waals surface area contributed by atoms with E-state index in [-0.39, 0.29) is 23.7 Å². The minimum Gasteiger partial charge on any atom is -0.478 e. The number of pyridine rings is 1. The molecule has 1 aliphatic carbocycles. The van der Waals surface area contributed by atoms with Crippen molar-refractivity contribution in [3.8, 4) is 11.3 Å². The molecule has 0 spiro atoms.